The molecule has 0 aliphatic rings. The number of hydrogen-bond acceptors (Lipinski definition) is 3. The van der Waals surface area contributed by atoms with Crippen LogP contribution in [0.1, 0.15) is 6.92 Å². The number of rotatable bonds is 7. The highest BCUT2D eigenvalue weighted by molar-refractivity contribution is 6.81. The summed E-state index contributed by atoms with van der Waals surface area (Å²) in [6.45, 7) is 6.28. The number of hydrogen-bond donors (Lipinski definition) is 0. The van der Waals surface area contributed by atoms with Gasteiger partial charge in [0.05, 0.1) is 12.8 Å². The summed E-state index contributed by atoms with van der Waals surface area (Å²) in [6.07, 6.45) is 0.469. The Labute approximate surface area is 104 Å². The van der Waals surface area contributed by atoms with Crippen LogP contribution in [-0.4, -0.2) is 35.6 Å². The van der Waals surface area contributed by atoms with E-state index in [1.165, 1.54) is 0 Å². The highest BCUT2D eigenvalue weighted by Crippen LogP contribution is 2.07. The Hall–Kier alpha value is -0.943. The van der Waals surface area contributed by atoms with Crippen molar-refractivity contribution in [1.29, 1.82) is 0 Å². The fourth-order valence-corrected chi connectivity index (χ4v) is 3.68. The van der Waals surface area contributed by atoms with E-state index in [2.05, 4.69) is 6.58 Å². The first-order chi connectivity index (χ1) is 8.14. The molecule has 0 aliphatic heterocycles. The van der Waals surface area contributed by atoms with Crippen LogP contribution in [0.3, 0.4) is 0 Å². The predicted molar refractivity (Wildman–Crippen MR) is 71.5 cm³/mol. The first-order valence-electron chi connectivity index (χ1n) is 5.52. The molecule has 0 heterocycles. The molecular weight excluding hydrogens is 232 g/mol. The summed E-state index contributed by atoms with van der Waals surface area (Å²) >= 11 is 0. The average Bonchev–Trinajstić information content (AvgIpc) is 2.36. The van der Waals surface area contributed by atoms with Gasteiger partial charge >= 0.3 is 8.56 Å². The van der Waals surface area contributed by atoms with Gasteiger partial charge in [0.2, 0.25) is 0 Å². The van der Waals surface area contributed by atoms with E-state index in [4.69, 9.17) is 13.6 Å². The predicted octanol–water partition coefficient (Wildman–Crippen LogP) is 1.76. The van der Waals surface area contributed by atoms with Crippen molar-refractivity contribution in [3.05, 3.63) is 42.5 Å². The van der Waals surface area contributed by atoms with Gasteiger partial charge in [-0.2, -0.15) is 0 Å². The first-order valence-corrected chi connectivity index (χ1v) is 7.55. The lowest BCUT2D eigenvalue weighted by Crippen LogP contribution is -2.56. The van der Waals surface area contributed by atoms with Crippen LogP contribution in [0.15, 0.2) is 42.5 Å². The molecular formula is C13H20O3Si. The van der Waals surface area contributed by atoms with E-state index in [0.717, 1.165) is 10.8 Å². The Morgan fingerprint density at radius 2 is 1.76 bits per heavy atom. The van der Waals surface area contributed by atoms with E-state index in [1.54, 1.807) is 14.2 Å². The zero-order chi connectivity index (χ0) is 12.7. The normalized spacial score (nSPS) is 11.5. The molecule has 1 rings (SSSR count). The molecule has 94 valence electrons. The van der Waals surface area contributed by atoms with E-state index < -0.39 is 8.56 Å². The maximum Gasteiger partial charge on any atom is 0.398 e. The van der Waals surface area contributed by atoms with Gasteiger partial charge in [-0.3, -0.25) is 0 Å². The molecule has 1 aromatic rings. The molecule has 0 N–H and O–H groups in total. The summed E-state index contributed by atoms with van der Waals surface area (Å²) in [7, 11) is 0.897. The lowest BCUT2D eigenvalue weighted by Gasteiger charge is -2.27. The molecule has 0 bridgehead atoms. The van der Waals surface area contributed by atoms with Gasteiger partial charge in [0.15, 0.2) is 0 Å². The molecule has 3 nitrogen and oxygen atoms in total. The van der Waals surface area contributed by atoms with Crippen molar-refractivity contribution in [3.63, 3.8) is 0 Å². The molecule has 0 amide bonds. The van der Waals surface area contributed by atoms with Gasteiger partial charge in [-0.15, -0.1) is 0 Å². The molecule has 17 heavy (non-hydrogen) atoms. The second kappa shape index (κ2) is 6.71. The standard InChI is InChI=1S/C13H20O3Si/c1-12(2)10-16-11-17(14-3,15-4)13-8-6-5-7-9-13/h5-9H,1,10-11H2,2-4H3. The van der Waals surface area contributed by atoms with E-state index in [9.17, 15) is 0 Å². The summed E-state index contributed by atoms with van der Waals surface area (Å²) in [5, 5.41) is 1.08. The Morgan fingerprint density at radius 3 is 2.24 bits per heavy atom. The minimum atomic E-state index is -2.45. The maximum atomic E-state index is 5.62. The van der Waals surface area contributed by atoms with Crippen LogP contribution < -0.4 is 5.19 Å². The van der Waals surface area contributed by atoms with Crippen molar-refractivity contribution >= 4 is 13.7 Å². The van der Waals surface area contributed by atoms with Crippen molar-refractivity contribution in [2.45, 2.75) is 6.92 Å². The Balaban J connectivity index is 2.78. The molecule has 0 spiro atoms. The van der Waals surface area contributed by atoms with Crippen LogP contribution in [0.5, 0.6) is 0 Å². The van der Waals surface area contributed by atoms with Crippen LogP contribution in [0.2, 0.25) is 0 Å². The van der Waals surface area contributed by atoms with Crippen LogP contribution in [0.25, 0.3) is 0 Å². The molecule has 0 saturated carbocycles. The quantitative estimate of drug-likeness (QED) is 0.547. The minimum absolute atomic E-state index is 0.469. The zero-order valence-electron chi connectivity index (χ0n) is 10.7. The number of ether oxygens (including phenoxy) is 1. The smallest absolute Gasteiger partial charge is 0.393 e. The molecule has 0 saturated heterocycles. The van der Waals surface area contributed by atoms with Crippen LogP contribution in [0.4, 0.5) is 0 Å². The van der Waals surface area contributed by atoms with Gasteiger partial charge in [-0.1, -0.05) is 42.5 Å². The highest BCUT2D eigenvalue weighted by Gasteiger charge is 2.38. The van der Waals surface area contributed by atoms with E-state index >= 15 is 0 Å². The molecule has 1 aromatic carbocycles. The van der Waals surface area contributed by atoms with Crippen molar-refractivity contribution in [2.75, 3.05) is 27.1 Å². The monoisotopic (exact) mass is 252 g/mol. The summed E-state index contributed by atoms with van der Waals surface area (Å²) in [4.78, 5) is 0. The Kier molecular flexibility index (Phi) is 5.57. The fraction of sp³-hybridized carbons (Fsp3) is 0.385. The topological polar surface area (TPSA) is 27.7 Å². The van der Waals surface area contributed by atoms with Crippen molar-refractivity contribution in [2.24, 2.45) is 0 Å². The fourth-order valence-electron chi connectivity index (χ4n) is 1.57. The molecule has 0 aromatic heterocycles. The van der Waals surface area contributed by atoms with Gasteiger partial charge in [-0.25, -0.2) is 0 Å². The van der Waals surface area contributed by atoms with Crippen LogP contribution in [-0.2, 0) is 13.6 Å². The average molecular weight is 252 g/mol. The van der Waals surface area contributed by atoms with Crippen LogP contribution in [0, 0.1) is 0 Å². The van der Waals surface area contributed by atoms with Gasteiger partial charge in [-0.05, 0) is 12.1 Å². The molecule has 0 atom stereocenters. The van der Waals surface area contributed by atoms with Crippen molar-refractivity contribution in [3.8, 4) is 0 Å². The second-order valence-electron chi connectivity index (χ2n) is 3.98. The summed E-state index contributed by atoms with van der Waals surface area (Å²) in [5.41, 5.74) is 0.994. The SMILES string of the molecule is C=C(C)COC[Si](OC)(OC)c1ccccc1. The van der Waals surface area contributed by atoms with Gasteiger partial charge in [0.25, 0.3) is 0 Å². The number of benzene rings is 1. The van der Waals surface area contributed by atoms with Crippen molar-refractivity contribution in [1.82, 2.24) is 0 Å². The maximum absolute atomic E-state index is 5.62. The lowest BCUT2D eigenvalue weighted by molar-refractivity contribution is 0.147. The zero-order valence-corrected chi connectivity index (χ0v) is 11.7. The molecule has 0 fully saturated rings. The molecule has 0 aliphatic carbocycles. The Morgan fingerprint density at radius 1 is 1.18 bits per heavy atom. The van der Waals surface area contributed by atoms with E-state index in [-0.39, 0.29) is 0 Å². The largest absolute Gasteiger partial charge is 0.398 e. The highest BCUT2D eigenvalue weighted by atomic mass is 28.4. The second-order valence-corrected chi connectivity index (χ2v) is 7.17. The molecule has 4 heteroatoms. The summed E-state index contributed by atoms with van der Waals surface area (Å²) in [5.74, 6) is 0. The minimum Gasteiger partial charge on any atom is -0.393 e. The van der Waals surface area contributed by atoms with Crippen molar-refractivity contribution < 1.29 is 13.6 Å². The third-order valence-electron chi connectivity index (χ3n) is 2.51. The lowest BCUT2D eigenvalue weighted by atomic mass is 10.4. The van der Waals surface area contributed by atoms with E-state index in [0.29, 0.717) is 12.8 Å². The van der Waals surface area contributed by atoms with Gasteiger partial charge in [0.1, 0.15) is 0 Å². The van der Waals surface area contributed by atoms with Gasteiger partial charge < -0.3 is 13.6 Å². The Bertz CT molecular complexity index is 347. The summed E-state index contributed by atoms with van der Waals surface area (Å²) in [6, 6.07) is 9.97. The summed E-state index contributed by atoms with van der Waals surface area (Å²) < 4.78 is 16.8. The first kappa shape index (κ1) is 14.1. The van der Waals surface area contributed by atoms with Crippen LogP contribution >= 0.6 is 0 Å². The van der Waals surface area contributed by atoms with E-state index in [1.807, 2.05) is 37.3 Å². The molecule has 0 unspecified atom stereocenters. The third-order valence-corrected chi connectivity index (χ3v) is 5.63. The van der Waals surface area contributed by atoms with Gasteiger partial charge in [0, 0.05) is 14.2 Å². The third kappa shape index (κ3) is 3.78. The molecule has 0 radical (unpaired) electrons.